The minimum absolute atomic E-state index is 0.255. The Morgan fingerprint density at radius 1 is 1.43 bits per heavy atom. The van der Waals surface area contributed by atoms with Crippen LogP contribution in [0.2, 0.25) is 0 Å². The number of nitrogens with zero attached hydrogens (tertiary/aromatic N) is 1. The monoisotopic (exact) mass is 190 g/mol. The third-order valence-electron chi connectivity index (χ3n) is 3.64. The van der Waals surface area contributed by atoms with Gasteiger partial charge >= 0.3 is 0 Å². The molecule has 3 rings (SSSR count). The first-order valence-corrected chi connectivity index (χ1v) is 5.35. The number of rotatable bonds is 3. The summed E-state index contributed by atoms with van der Waals surface area (Å²) in [5, 5.41) is 6.48. The van der Waals surface area contributed by atoms with Crippen LogP contribution < -0.4 is 0 Å². The quantitative estimate of drug-likeness (QED) is 0.741. The molecule has 1 N–H and O–H groups in total. The van der Waals surface area contributed by atoms with E-state index in [-0.39, 0.29) is 5.78 Å². The van der Waals surface area contributed by atoms with E-state index >= 15 is 0 Å². The molecule has 2 aliphatic carbocycles. The molecule has 2 saturated carbocycles. The van der Waals surface area contributed by atoms with Crippen molar-refractivity contribution in [3.05, 3.63) is 18.0 Å². The molecule has 2 atom stereocenters. The standard InChI is InChI=1S/C11H14N2O/c14-11(10-5-12-13-6-10)3-7-1-8-4-9(8)2-7/h5-9H,1-4H2,(H,12,13). The summed E-state index contributed by atoms with van der Waals surface area (Å²) in [4.78, 5) is 11.7. The molecular formula is C11H14N2O. The number of hydrogen-bond donors (Lipinski definition) is 1. The van der Waals surface area contributed by atoms with Crippen molar-refractivity contribution in [2.24, 2.45) is 17.8 Å². The topological polar surface area (TPSA) is 45.8 Å². The molecule has 2 aliphatic rings. The number of Topliss-reactive ketones (excluding diaryl/α,β-unsaturated/α-hetero) is 1. The van der Waals surface area contributed by atoms with Gasteiger partial charge in [0.2, 0.25) is 0 Å². The SMILES string of the molecule is O=C(CC1CC2CC2C1)c1cn[nH]c1. The fraction of sp³-hybridized carbons (Fsp3) is 0.636. The summed E-state index contributed by atoms with van der Waals surface area (Å²) in [7, 11) is 0. The predicted molar refractivity (Wildman–Crippen MR) is 51.9 cm³/mol. The lowest BCUT2D eigenvalue weighted by Crippen LogP contribution is -2.06. The molecule has 3 heteroatoms. The zero-order chi connectivity index (χ0) is 9.54. The number of aromatic nitrogens is 2. The van der Waals surface area contributed by atoms with E-state index in [1.54, 1.807) is 12.4 Å². The average molecular weight is 190 g/mol. The van der Waals surface area contributed by atoms with E-state index in [2.05, 4.69) is 10.2 Å². The van der Waals surface area contributed by atoms with Crippen LogP contribution in [0.1, 0.15) is 36.0 Å². The van der Waals surface area contributed by atoms with Crippen molar-refractivity contribution in [2.45, 2.75) is 25.7 Å². The van der Waals surface area contributed by atoms with Crippen LogP contribution in [0.4, 0.5) is 0 Å². The number of aromatic amines is 1. The van der Waals surface area contributed by atoms with Crippen LogP contribution in [-0.2, 0) is 0 Å². The second kappa shape index (κ2) is 2.94. The van der Waals surface area contributed by atoms with Crippen molar-refractivity contribution < 1.29 is 4.79 Å². The number of nitrogens with one attached hydrogen (secondary N) is 1. The number of ketones is 1. The molecular weight excluding hydrogens is 176 g/mol. The average Bonchev–Trinajstić information content (AvgIpc) is 2.69. The maximum absolute atomic E-state index is 11.7. The van der Waals surface area contributed by atoms with Gasteiger partial charge in [0, 0.05) is 12.6 Å². The molecule has 0 saturated heterocycles. The Hall–Kier alpha value is -1.12. The highest BCUT2D eigenvalue weighted by molar-refractivity contribution is 5.95. The van der Waals surface area contributed by atoms with Crippen molar-refractivity contribution >= 4 is 5.78 Å². The number of H-pyrrole nitrogens is 1. The summed E-state index contributed by atoms with van der Waals surface area (Å²) in [6.07, 6.45) is 8.04. The third-order valence-corrected chi connectivity index (χ3v) is 3.64. The highest BCUT2D eigenvalue weighted by atomic mass is 16.1. The van der Waals surface area contributed by atoms with Gasteiger partial charge in [-0.05, 0) is 37.0 Å². The summed E-state index contributed by atoms with van der Waals surface area (Å²) in [6.45, 7) is 0. The van der Waals surface area contributed by atoms with Crippen LogP contribution in [-0.4, -0.2) is 16.0 Å². The van der Waals surface area contributed by atoms with Gasteiger partial charge in [-0.3, -0.25) is 9.89 Å². The molecule has 0 aromatic carbocycles. The Morgan fingerprint density at radius 2 is 2.21 bits per heavy atom. The van der Waals surface area contributed by atoms with Gasteiger partial charge in [0.05, 0.1) is 11.8 Å². The smallest absolute Gasteiger partial charge is 0.166 e. The molecule has 3 nitrogen and oxygen atoms in total. The summed E-state index contributed by atoms with van der Waals surface area (Å²) >= 11 is 0. The molecule has 0 aliphatic heterocycles. The van der Waals surface area contributed by atoms with Crippen LogP contribution in [0.3, 0.4) is 0 Å². The summed E-state index contributed by atoms with van der Waals surface area (Å²) in [5.41, 5.74) is 0.741. The molecule has 1 aromatic rings. The van der Waals surface area contributed by atoms with Crippen molar-refractivity contribution in [3.63, 3.8) is 0 Å². The van der Waals surface area contributed by atoms with Gasteiger partial charge in [0.25, 0.3) is 0 Å². The van der Waals surface area contributed by atoms with Crippen LogP contribution in [0.15, 0.2) is 12.4 Å². The molecule has 0 radical (unpaired) electrons. The first-order valence-electron chi connectivity index (χ1n) is 5.35. The first-order chi connectivity index (χ1) is 6.83. The molecule has 2 unspecified atom stereocenters. The van der Waals surface area contributed by atoms with Gasteiger partial charge in [-0.15, -0.1) is 0 Å². The molecule has 74 valence electrons. The lowest BCUT2D eigenvalue weighted by atomic mass is 9.95. The lowest BCUT2D eigenvalue weighted by Gasteiger charge is -2.08. The van der Waals surface area contributed by atoms with E-state index in [9.17, 15) is 4.79 Å². The minimum atomic E-state index is 0.255. The largest absolute Gasteiger partial charge is 0.294 e. The van der Waals surface area contributed by atoms with E-state index in [0.29, 0.717) is 5.92 Å². The normalized spacial score (nSPS) is 34.1. The second-order valence-corrected chi connectivity index (χ2v) is 4.71. The van der Waals surface area contributed by atoms with E-state index in [4.69, 9.17) is 0 Å². The zero-order valence-corrected chi connectivity index (χ0v) is 8.07. The van der Waals surface area contributed by atoms with E-state index < -0.39 is 0 Å². The Bertz CT molecular complexity index is 334. The fourth-order valence-electron chi connectivity index (χ4n) is 2.79. The third kappa shape index (κ3) is 1.37. The molecule has 14 heavy (non-hydrogen) atoms. The maximum Gasteiger partial charge on any atom is 0.166 e. The van der Waals surface area contributed by atoms with Crippen LogP contribution >= 0.6 is 0 Å². The van der Waals surface area contributed by atoms with Crippen LogP contribution in [0.25, 0.3) is 0 Å². The van der Waals surface area contributed by atoms with Crippen molar-refractivity contribution in [1.29, 1.82) is 0 Å². The van der Waals surface area contributed by atoms with E-state index in [0.717, 1.165) is 23.8 Å². The molecule has 1 heterocycles. The van der Waals surface area contributed by atoms with Gasteiger partial charge < -0.3 is 0 Å². The van der Waals surface area contributed by atoms with Crippen molar-refractivity contribution in [3.8, 4) is 0 Å². The van der Waals surface area contributed by atoms with Gasteiger partial charge in [0.15, 0.2) is 5.78 Å². The molecule has 0 spiro atoms. The van der Waals surface area contributed by atoms with Gasteiger partial charge in [-0.2, -0.15) is 5.10 Å². The Kier molecular flexibility index (Phi) is 1.72. The Labute approximate surface area is 82.9 Å². The molecule has 0 bridgehead atoms. The summed E-state index contributed by atoms with van der Waals surface area (Å²) < 4.78 is 0. The van der Waals surface area contributed by atoms with Crippen LogP contribution in [0.5, 0.6) is 0 Å². The van der Waals surface area contributed by atoms with Crippen LogP contribution in [0, 0.1) is 17.8 Å². The van der Waals surface area contributed by atoms with Gasteiger partial charge in [-0.25, -0.2) is 0 Å². The van der Waals surface area contributed by atoms with Gasteiger partial charge in [-0.1, -0.05) is 0 Å². The highest BCUT2D eigenvalue weighted by Gasteiger charge is 2.45. The summed E-state index contributed by atoms with van der Waals surface area (Å²) in [5.74, 6) is 2.85. The van der Waals surface area contributed by atoms with Crippen molar-refractivity contribution in [2.75, 3.05) is 0 Å². The Morgan fingerprint density at radius 3 is 2.86 bits per heavy atom. The first kappa shape index (κ1) is 8.21. The summed E-state index contributed by atoms with van der Waals surface area (Å²) in [6, 6.07) is 0. The zero-order valence-electron chi connectivity index (χ0n) is 8.07. The number of hydrogen-bond acceptors (Lipinski definition) is 2. The molecule has 1 aromatic heterocycles. The van der Waals surface area contributed by atoms with E-state index in [1.165, 1.54) is 19.3 Å². The fourth-order valence-corrected chi connectivity index (χ4v) is 2.79. The highest BCUT2D eigenvalue weighted by Crippen LogP contribution is 2.55. The van der Waals surface area contributed by atoms with Gasteiger partial charge in [0.1, 0.15) is 0 Å². The van der Waals surface area contributed by atoms with E-state index in [1.807, 2.05) is 0 Å². The second-order valence-electron chi connectivity index (χ2n) is 4.71. The number of carbonyl (C=O) groups excluding carboxylic acids is 1. The van der Waals surface area contributed by atoms with Crippen molar-refractivity contribution in [1.82, 2.24) is 10.2 Å². The minimum Gasteiger partial charge on any atom is -0.294 e. The maximum atomic E-state index is 11.7. The Balaban J connectivity index is 1.60. The predicted octanol–water partition coefficient (Wildman–Crippen LogP) is 2.03. The number of fused-ring (bicyclic) bond motifs is 1. The molecule has 2 fully saturated rings. The molecule has 0 amide bonds. The number of carbonyl (C=O) groups is 1. The lowest BCUT2D eigenvalue weighted by molar-refractivity contribution is 0.0959.